The van der Waals surface area contributed by atoms with Crippen molar-refractivity contribution in [3.63, 3.8) is 0 Å². The van der Waals surface area contributed by atoms with E-state index in [0.29, 0.717) is 5.75 Å². The minimum Gasteiger partial charge on any atom is -0.507 e. The summed E-state index contributed by atoms with van der Waals surface area (Å²) in [6, 6.07) is 6.18. The smallest absolute Gasteiger partial charge is 0.338 e. The molecule has 0 saturated heterocycles. The van der Waals surface area contributed by atoms with E-state index in [-0.39, 0.29) is 16.4 Å². The lowest BCUT2D eigenvalue weighted by atomic mass is 9.78. The van der Waals surface area contributed by atoms with E-state index in [2.05, 4.69) is 65.3 Å². The fourth-order valence-corrected chi connectivity index (χ4v) is 2.76. The predicted octanol–water partition coefficient (Wildman–Crippen LogP) is 4.89. The molecular formula is C23H32O6. The molecule has 2 aromatic rings. The molecule has 0 spiro atoms. The number of carbonyl (C=O) groups excluding carboxylic acids is 1. The van der Waals surface area contributed by atoms with Gasteiger partial charge in [0.15, 0.2) is 17.2 Å². The third kappa shape index (κ3) is 6.04. The highest BCUT2D eigenvalue weighted by molar-refractivity contribution is 5.90. The van der Waals surface area contributed by atoms with Crippen LogP contribution in [0.25, 0.3) is 0 Å². The zero-order valence-corrected chi connectivity index (χ0v) is 18.4. The fraction of sp³-hybridized carbons (Fsp3) is 0.435. The number of hydrogen-bond donors (Lipinski definition) is 4. The van der Waals surface area contributed by atoms with E-state index in [9.17, 15) is 9.90 Å². The van der Waals surface area contributed by atoms with Crippen LogP contribution in [0.3, 0.4) is 0 Å². The van der Waals surface area contributed by atoms with Crippen LogP contribution in [0.2, 0.25) is 0 Å². The van der Waals surface area contributed by atoms with Crippen molar-refractivity contribution in [2.75, 3.05) is 7.11 Å². The minimum atomic E-state index is -0.703. The highest BCUT2D eigenvalue weighted by Crippen LogP contribution is 2.39. The maximum absolute atomic E-state index is 10.9. The van der Waals surface area contributed by atoms with Crippen molar-refractivity contribution >= 4 is 5.97 Å². The van der Waals surface area contributed by atoms with Crippen molar-refractivity contribution in [3.05, 3.63) is 46.5 Å². The van der Waals surface area contributed by atoms with Gasteiger partial charge in [-0.1, -0.05) is 59.2 Å². The van der Waals surface area contributed by atoms with Crippen LogP contribution in [0.1, 0.15) is 68.6 Å². The highest BCUT2D eigenvalue weighted by Gasteiger charge is 2.25. The number of phenols is 4. The third-order valence-corrected chi connectivity index (χ3v) is 4.36. The average Bonchev–Trinajstić information content (AvgIpc) is 2.58. The Bertz CT molecular complexity index is 827. The van der Waals surface area contributed by atoms with Gasteiger partial charge in [-0.25, -0.2) is 4.79 Å². The Labute approximate surface area is 172 Å². The van der Waals surface area contributed by atoms with Crippen molar-refractivity contribution in [2.24, 2.45) is 0 Å². The van der Waals surface area contributed by atoms with Gasteiger partial charge in [0.05, 0.1) is 12.7 Å². The van der Waals surface area contributed by atoms with Gasteiger partial charge in [0.2, 0.25) is 0 Å². The number of aryl methyl sites for hydroxylation is 1. The van der Waals surface area contributed by atoms with Crippen LogP contribution in [0.15, 0.2) is 24.3 Å². The Balaban J connectivity index is 0.000000296. The van der Waals surface area contributed by atoms with E-state index in [1.165, 1.54) is 12.7 Å². The molecule has 0 aromatic heterocycles. The lowest BCUT2D eigenvalue weighted by Crippen LogP contribution is -2.17. The molecule has 2 rings (SSSR count). The third-order valence-electron chi connectivity index (χ3n) is 4.36. The summed E-state index contributed by atoms with van der Waals surface area (Å²) in [5, 5.41) is 37.3. The molecular weight excluding hydrogens is 372 g/mol. The van der Waals surface area contributed by atoms with E-state index in [4.69, 9.17) is 15.3 Å². The summed E-state index contributed by atoms with van der Waals surface area (Å²) in [6.45, 7) is 14.9. The highest BCUT2D eigenvalue weighted by atomic mass is 16.5. The molecule has 4 N–H and O–H groups in total. The topological polar surface area (TPSA) is 107 Å². The summed E-state index contributed by atoms with van der Waals surface area (Å²) in [6.07, 6.45) is 0. The molecule has 0 radical (unpaired) electrons. The van der Waals surface area contributed by atoms with Crippen LogP contribution < -0.4 is 0 Å². The minimum absolute atomic E-state index is 0.0178. The summed E-state index contributed by atoms with van der Waals surface area (Å²) in [5.74, 6) is -2.04. The molecule has 6 heteroatoms. The molecule has 0 aliphatic rings. The number of methoxy groups -OCH3 is 1. The van der Waals surface area contributed by atoms with Gasteiger partial charge in [-0.2, -0.15) is 0 Å². The Kier molecular flexibility index (Phi) is 7.19. The van der Waals surface area contributed by atoms with Crippen molar-refractivity contribution < 1.29 is 30.0 Å². The molecule has 0 heterocycles. The van der Waals surface area contributed by atoms with E-state index < -0.39 is 23.2 Å². The number of phenolic OH excluding ortho intramolecular Hbond substituents is 4. The molecule has 0 unspecified atom stereocenters. The van der Waals surface area contributed by atoms with Crippen LogP contribution in [0.4, 0.5) is 0 Å². The average molecular weight is 405 g/mol. The molecule has 0 saturated carbocycles. The number of benzene rings is 2. The predicted molar refractivity (Wildman–Crippen MR) is 113 cm³/mol. The van der Waals surface area contributed by atoms with Crippen molar-refractivity contribution in [1.29, 1.82) is 0 Å². The molecule has 2 aromatic carbocycles. The van der Waals surface area contributed by atoms with Crippen molar-refractivity contribution in [3.8, 4) is 23.0 Å². The Morgan fingerprint density at radius 3 is 1.45 bits per heavy atom. The second-order valence-electron chi connectivity index (χ2n) is 9.06. The van der Waals surface area contributed by atoms with E-state index in [1.807, 2.05) is 0 Å². The Morgan fingerprint density at radius 1 is 0.759 bits per heavy atom. The summed E-state index contributed by atoms with van der Waals surface area (Å²) in [7, 11) is 1.17. The first kappa shape index (κ1) is 24.1. The quantitative estimate of drug-likeness (QED) is 0.398. The zero-order valence-electron chi connectivity index (χ0n) is 18.4. The summed E-state index contributed by atoms with van der Waals surface area (Å²) < 4.78 is 4.34. The van der Waals surface area contributed by atoms with Crippen LogP contribution in [-0.4, -0.2) is 33.5 Å². The van der Waals surface area contributed by atoms with E-state index >= 15 is 0 Å². The molecule has 0 amide bonds. The van der Waals surface area contributed by atoms with Gasteiger partial charge in [-0.15, -0.1) is 0 Å². The Hall–Kier alpha value is -2.89. The molecule has 0 bridgehead atoms. The van der Waals surface area contributed by atoms with Gasteiger partial charge in [0.25, 0.3) is 0 Å². The first-order chi connectivity index (χ1) is 13.1. The number of ether oxygens (including phenoxy) is 1. The van der Waals surface area contributed by atoms with Crippen LogP contribution >= 0.6 is 0 Å². The van der Waals surface area contributed by atoms with Gasteiger partial charge in [-0.3, -0.25) is 0 Å². The summed E-state index contributed by atoms with van der Waals surface area (Å²) >= 11 is 0. The van der Waals surface area contributed by atoms with Crippen LogP contribution in [0, 0.1) is 6.92 Å². The van der Waals surface area contributed by atoms with Crippen LogP contribution in [0.5, 0.6) is 23.0 Å². The van der Waals surface area contributed by atoms with Gasteiger partial charge < -0.3 is 25.2 Å². The fourth-order valence-electron chi connectivity index (χ4n) is 2.76. The van der Waals surface area contributed by atoms with Crippen molar-refractivity contribution in [2.45, 2.75) is 59.3 Å². The molecule has 6 nitrogen and oxygen atoms in total. The first-order valence-corrected chi connectivity index (χ1v) is 9.27. The maximum atomic E-state index is 10.9. The standard InChI is InChI=1S/C15H24O.C8H8O5/c1-10-8-11(14(2,3)4)13(16)12(9-10)15(5,6)7;1-13-8(12)4-2-5(9)7(11)6(10)3-4/h8-9,16H,1-7H3;2-3,9-11H,1H3. The van der Waals surface area contributed by atoms with Crippen molar-refractivity contribution in [1.82, 2.24) is 0 Å². The van der Waals surface area contributed by atoms with Gasteiger partial charge in [-0.05, 0) is 41.0 Å². The number of esters is 1. The number of rotatable bonds is 1. The Morgan fingerprint density at radius 2 is 1.14 bits per heavy atom. The van der Waals surface area contributed by atoms with E-state index in [0.717, 1.165) is 23.3 Å². The second-order valence-corrected chi connectivity index (χ2v) is 9.06. The number of aromatic hydroxyl groups is 4. The monoisotopic (exact) mass is 404 g/mol. The van der Waals surface area contributed by atoms with E-state index in [1.54, 1.807) is 0 Å². The van der Waals surface area contributed by atoms with Gasteiger partial charge in [0, 0.05) is 0 Å². The molecule has 0 aliphatic carbocycles. The number of carbonyl (C=O) groups is 1. The first-order valence-electron chi connectivity index (χ1n) is 9.27. The second kappa shape index (κ2) is 8.64. The SMILES string of the molecule is COC(=O)c1cc(O)c(O)c(O)c1.Cc1cc(C(C)(C)C)c(O)c(C(C)(C)C)c1. The van der Waals surface area contributed by atoms with Crippen LogP contribution in [-0.2, 0) is 15.6 Å². The molecule has 160 valence electrons. The van der Waals surface area contributed by atoms with Gasteiger partial charge >= 0.3 is 5.97 Å². The molecule has 0 aliphatic heterocycles. The zero-order chi connectivity index (χ0) is 22.7. The lowest BCUT2D eigenvalue weighted by molar-refractivity contribution is 0.0599. The normalized spacial score (nSPS) is 11.4. The lowest BCUT2D eigenvalue weighted by Gasteiger charge is -2.27. The maximum Gasteiger partial charge on any atom is 0.338 e. The molecule has 29 heavy (non-hydrogen) atoms. The van der Waals surface area contributed by atoms with Gasteiger partial charge in [0.1, 0.15) is 5.75 Å². The number of hydrogen-bond acceptors (Lipinski definition) is 6. The molecule has 0 fully saturated rings. The molecule has 0 atom stereocenters. The summed E-state index contributed by atoms with van der Waals surface area (Å²) in [4.78, 5) is 10.9. The summed E-state index contributed by atoms with van der Waals surface area (Å²) in [5.41, 5.74) is 3.23. The largest absolute Gasteiger partial charge is 0.507 e.